The van der Waals surface area contributed by atoms with E-state index in [4.69, 9.17) is 38.9 Å². The summed E-state index contributed by atoms with van der Waals surface area (Å²) < 4.78 is 43.9. The maximum atomic E-state index is 12.7. The average Bonchev–Trinajstić information content (AvgIpc) is 3.99. The monoisotopic (exact) mass is 885 g/mol. The van der Waals surface area contributed by atoms with Crippen molar-refractivity contribution in [2.45, 2.75) is 80.0 Å². The first-order valence-electron chi connectivity index (χ1n) is 20.8. The number of esters is 1. The van der Waals surface area contributed by atoms with E-state index in [0.29, 0.717) is 58.5 Å². The lowest BCUT2D eigenvalue weighted by Gasteiger charge is -2.52. The number of aliphatic hydroxyl groups excluding tert-OH is 5. The molecular weight excluding hydrogens is 837 g/mol. The fraction of sp³-hybridized carbons (Fsp3) is 0.400. The predicted molar refractivity (Wildman–Crippen MR) is 222 cm³/mol. The topological polar surface area (TPSA) is 275 Å². The number of methoxy groups -OCH3 is 1. The summed E-state index contributed by atoms with van der Waals surface area (Å²) in [4.78, 5) is 29.4. The van der Waals surface area contributed by atoms with E-state index in [9.17, 15) is 40.2 Å². The summed E-state index contributed by atoms with van der Waals surface area (Å²) in [6, 6.07) is 16.9. The van der Waals surface area contributed by atoms with Crippen LogP contribution in [0.15, 0.2) is 94.9 Å². The molecule has 0 saturated carbocycles. The number of nitrogens with two attached hydrogens (primary N) is 1. The zero-order chi connectivity index (χ0) is 44.9. The summed E-state index contributed by atoms with van der Waals surface area (Å²) in [5, 5.41) is 66.5. The van der Waals surface area contributed by atoms with Gasteiger partial charge in [0.15, 0.2) is 28.9 Å². The Morgan fingerprint density at radius 1 is 1.06 bits per heavy atom. The minimum absolute atomic E-state index is 0.0148. The number of carboxylic acids is 1. The highest BCUT2D eigenvalue weighted by Crippen LogP contribution is 2.59. The Morgan fingerprint density at radius 2 is 1.88 bits per heavy atom. The van der Waals surface area contributed by atoms with E-state index in [-0.39, 0.29) is 38.0 Å². The van der Waals surface area contributed by atoms with Gasteiger partial charge in [-0.3, -0.25) is 19.5 Å². The maximum absolute atomic E-state index is 12.7. The van der Waals surface area contributed by atoms with E-state index >= 15 is 0 Å². The Bertz CT molecular complexity index is 2430. The van der Waals surface area contributed by atoms with Crippen LogP contribution in [0.25, 0.3) is 0 Å². The van der Waals surface area contributed by atoms with Gasteiger partial charge in [0.05, 0.1) is 19.6 Å². The number of carboxylic acid groups (broad SMARTS) is 1. The van der Waals surface area contributed by atoms with Crippen LogP contribution in [0, 0.1) is 0 Å². The molecular formula is C45H49N4O15+. The Labute approximate surface area is 366 Å². The molecule has 1 saturated heterocycles. The zero-order valence-corrected chi connectivity index (χ0v) is 34.5. The second kappa shape index (κ2) is 17.5. The number of ether oxygens (including phenoxy) is 7. The second-order valence-electron chi connectivity index (χ2n) is 16.3. The van der Waals surface area contributed by atoms with E-state index < -0.39 is 73.0 Å². The van der Waals surface area contributed by atoms with Crippen LogP contribution in [0.2, 0.25) is 0 Å². The van der Waals surface area contributed by atoms with Gasteiger partial charge in [-0.15, -0.1) is 0 Å². The van der Waals surface area contributed by atoms with Crippen molar-refractivity contribution in [3.8, 4) is 28.7 Å². The molecule has 10 N–H and O–H groups in total. The van der Waals surface area contributed by atoms with Gasteiger partial charge in [0.2, 0.25) is 12.0 Å². The quantitative estimate of drug-likeness (QED) is 0.0712. The third kappa shape index (κ3) is 7.62. The van der Waals surface area contributed by atoms with Gasteiger partial charge in [-0.2, -0.15) is 0 Å². The number of nitrogens with one attached hydrogen (secondary N) is 2. The summed E-state index contributed by atoms with van der Waals surface area (Å²) in [6.07, 6.45) is -5.91. The van der Waals surface area contributed by atoms with Crippen LogP contribution < -0.4 is 39.6 Å². The Hall–Kier alpha value is -6.03. The summed E-state index contributed by atoms with van der Waals surface area (Å²) in [6.45, 7) is 0.250. The van der Waals surface area contributed by atoms with E-state index in [2.05, 4.69) is 10.3 Å². The number of carbonyl (C=O) groups is 2. The van der Waals surface area contributed by atoms with Gasteiger partial charge in [0.25, 0.3) is 0 Å². The molecule has 0 radical (unpaired) electrons. The third-order valence-corrected chi connectivity index (χ3v) is 12.4. The summed E-state index contributed by atoms with van der Waals surface area (Å²) in [7, 11) is 1.52. The van der Waals surface area contributed by atoms with Crippen molar-refractivity contribution in [3.63, 3.8) is 0 Å². The number of aliphatic hydroxyl groups is 5. The second-order valence-corrected chi connectivity index (χ2v) is 16.3. The smallest absolute Gasteiger partial charge is 0.317 e. The molecule has 1 fully saturated rings. The molecule has 6 aliphatic heterocycles. The molecule has 11 atom stereocenters. The fourth-order valence-electron chi connectivity index (χ4n) is 9.58. The largest absolute Gasteiger partial charge is 0.493 e. The summed E-state index contributed by atoms with van der Waals surface area (Å²) >= 11 is 0. The lowest BCUT2D eigenvalue weighted by Crippen LogP contribution is -3.08. The van der Waals surface area contributed by atoms with E-state index in [0.717, 1.165) is 21.6 Å². The minimum atomic E-state index is -2.13. The third-order valence-electron chi connectivity index (χ3n) is 12.4. The van der Waals surface area contributed by atoms with E-state index in [1.165, 1.54) is 19.4 Å². The van der Waals surface area contributed by atoms with Gasteiger partial charge >= 0.3 is 11.9 Å². The SMILES string of the molecule is COc1ccc2c(c1OCCO)OC1c3c(C[NH+]4CC5=CC=NC5=C4CO)cc(OC4OC5(C=CNC(N)C5OC(=O)CC(=O)O)C(O)C(O)C4O)cc3OC(Cc3ccccc3)C21. The normalized spacial score (nSPS) is 30.6. The highest BCUT2D eigenvalue weighted by Gasteiger charge is 2.61. The molecule has 0 amide bonds. The molecule has 11 unspecified atom stereocenters. The van der Waals surface area contributed by atoms with Crippen molar-refractivity contribution in [3.05, 3.63) is 112 Å². The zero-order valence-electron chi connectivity index (χ0n) is 34.5. The van der Waals surface area contributed by atoms with Gasteiger partial charge < -0.3 is 74.8 Å². The number of allylic oxidation sites excluding steroid dienone is 1. The van der Waals surface area contributed by atoms with Crippen LogP contribution in [0.1, 0.15) is 40.7 Å². The van der Waals surface area contributed by atoms with Crippen molar-refractivity contribution < 1.29 is 78.3 Å². The van der Waals surface area contributed by atoms with Crippen LogP contribution >= 0.6 is 0 Å². The first kappa shape index (κ1) is 43.2. The summed E-state index contributed by atoms with van der Waals surface area (Å²) in [5.74, 6) is -1.39. The Balaban J connectivity index is 1.14. The molecule has 9 rings (SSSR count). The molecule has 1 spiro atoms. The molecule has 6 aliphatic rings. The number of hydrogen-bond donors (Lipinski definition) is 9. The van der Waals surface area contributed by atoms with Crippen LogP contribution in [0.4, 0.5) is 0 Å². The lowest BCUT2D eigenvalue weighted by atomic mass is 9.79. The molecule has 3 aromatic carbocycles. The standard InChI is InChI=1S/C45H48N4O15/c1-58-28-8-7-26-34-29(15-22-5-3-2-4-6-22)61-30-17-25(60-44-37(56)36(55)41(57)45(64-44)10-12-48-43(46)42(45)62-32(54)18-31(52)53)16-24(20-49-19-23-9-11-47-35(23)27(49)21-51)33(30)40(34)63-38(26)39(28)59-14-13-50/h2-12,16-17,29,34,36-37,40-44,48,50-51,55-57H,13-15,18-21,46H2,1H3,(H,52,53)/p+1. The van der Waals surface area contributed by atoms with Crippen LogP contribution in [0.5, 0.6) is 28.7 Å². The minimum Gasteiger partial charge on any atom is -0.493 e. The molecule has 0 aliphatic carbocycles. The molecule has 338 valence electrons. The molecule has 19 nitrogen and oxygen atoms in total. The highest BCUT2D eigenvalue weighted by atomic mass is 16.7. The average molecular weight is 886 g/mol. The number of fused-ring (bicyclic) bond motifs is 6. The van der Waals surface area contributed by atoms with Crippen molar-refractivity contribution >= 4 is 18.2 Å². The van der Waals surface area contributed by atoms with E-state index in [1.807, 2.05) is 42.5 Å². The molecule has 19 heteroatoms. The number of nitrogens with zero attached hydrogens (tertiary/aromatic N) is 1. The predicted octanol–water partition coefficient (Wildman–Crippen LogP) is -0.755. The number of hydrogen-bond acceptors (Lipinski definition) is 17. The maximum Gasteiger partial charge on any atom is 0.317 e. The van der Waals surface area contributed by atoms with Crippen molar-refractivity contribution in [1.29, 1.82) is 0 Å². The Morgan fingerprint density at radius 3 is 2.62 bits per heavy atom. The van der Waals surface area contributed by atoms with Crippen molar-refractivity contribution in [2.24, 2.45) is 10.7 Å². The highest BCUT2D eigenvalue weighted by molar-refractivity contribution is 5.90. The number of aliphatic carboxylic acids is 1. The van der Waals surface area contributed by atoms with Gasteiger partial charge in [0, 0.05) is 41.0 Å². The van der Waals surface area contributed by atoms with E-state index in [1.54, 1.807) is 24.4 Å². The molecule has 0 bridgehead atoms. The molecule has 64 heavy (non-hydrogen) atoms. The Kier molecular flexibility index (Phi) is 11.8. The number of quaternary nitrogens is 1. The molecule has 6 heterocycles. The van der Waals surface area contributed by atoms with Gasteiger partial charge in [-0.05, 0) is 36.0 Å². The van der Waals surface area contributed by atoms with Crippen molar-refractivity contribution in [1.82, 2.24) is 5.32 Å². The first-order chi connectivity index (χ1) is 30.9. The van der Waals surface area contributed by atoms with Crippen LogP contribution in [0.3, 0.4) is 0 Å². The lowest BCUT2D eigenvalue weighted by molar-refractivity contribution is -0.867. The van der Waals surface area contributed by atoms with Crippen LogP contribution in [-0.2, 0) is 32.0 Å². The summed E-state index contributed by atoms with van der Waals surface area (Å²) in [5.41, 5.74) is 9.62. The van der Waals surface area contributed by atoms with Crippen LogP contribution in [-0.4, -0.2) is 131 Å². The molecule has 0 aromatic heterocycles. The fourth-order valence-corrected chi connectivity index (χ4v) is 9.58. The van der Waals surface area contributed by atoms with Gasteiger partial charge in [-0.25, -0.2) is 0 Å². The number of rotatable bonds is 14. The number of benzene rings is 3. The first-order valence-corrected chi connectivity index (χ1v) is 20.8. The van der Waals surface area contributed by atoms with Gasteiger partial charge in [0.1, 0.15) is 86.6 Å². The molecule has 3 aromatic rings. The van der Waals surface area contributed by atoms with Gasteiger partial charge in [-0.1, -0.05) is 36.4 Å². The number of carbonyl (C=O) groups excluding carboxylic acids is 1. The number of aliphatic imine (C=N–C) groups is 1. The van der Waals surface area contributed by atoms with Crippen molar-refractivity contribution in [2.75, 3.05) is 33.5 Å².